The molecule has 0 unspecified atom stereocenters. The third-order valence-corrected chi connectivity index (χ3v) is 8.04. The van der Waals surface area contributed by atoms with Crippen LogP contribution in [-0.4, -0.2) is 62.4 Å². The molecular formula is C25H33F3N4OSi. The fourth-order valence-corrected chi connectivity index (χ4v) is 4.98. The molecule has 0 spiro atoms. The molecule has 1 aromatic carbocycles. The first-order chi connectivity index (χ1) is 16.0. The van der Waals surface area contributed by atoms with Gasteiger partial charge < -0.3 is 19.1 Å². The zero-order chi connectivity index (χ0) is 24.5. The number of rotatable bonds is 7. The van der Waals surface area contributed by atoms with Crippen LogP contribution in [0.4, 0.5) is 18.9 Å². The molecular weight excluding hydrogens is 457 g/mol. The Morgan fingerprint density at radius 3 is 2.29 bits per heavy atom. The average molecular weight is 491 g/mol. The molecule has 0 bridgehead atoms. The number of alkyl halides is 3. The van der Waals surface area contributed by atoms with Crippen molar-refractivity contribution in [1.82, 2.24) is 14.5 Å². The highest BCUT2D eigenvalue weighted by molar-refractivity contribution is 6.76. The van der Waals surface area contributed by atoms with E-state index in [1.807, 2.05) is 24.3 Å². The van der Waals surface area contributed by atoms with Gasteiger partial charge >= 0.3 is 6.18 Å². The van der Waals surface area contributed by atoms with Crippen LogP contribution >= 0.6 is 0 Å². The second-order valence-electron chi connectivity index (χ2n) is 10.3. The first-order valence-corrected chi connectivity index (χ1v) is 15.4. The number of benzene rings is 1. The van der Waals surface area contributed by atoms with Crippen molar-refractivity contribution in [2.75, 3.05) is 44.7 Å². The maximum atomic E-state index is 14.0. The van der Waals surface area contributed by atoms with Gasteiger partial charge in [0.15, 0.2) is 0 Å². The topological polar surface area (TPSA) is 33.5 Å². The van der Waals surface area contributed by atoms with Crippen molar-refractivity contribution in [3.63, 3.8) is 0 Å². The van der Waals surface area contributed by atoms with Crippen molar-refractivity contribution in [3.8, 4) is 11.1 Å². The summed E-state index contributed by atoms with van der Waals surface area (Å²) in [5.41, 5.74) is 1.98. The Labute approximate surface area is 200 Å². The summed E-state index contributed by atoms with van der Waals surface area (Å²) in [6, 6.07) is 10.4. The summed E-state index contributed by atoms with van der Waals surface area (Å²) >= 11 is 0. The van der Waals surface area contributed by atoms with Crippen LogP contribution < -0.4 is 4.90 Å². The summed E-state index contributed by atoms with van der Waals surface area (Å²) in [6.07, 6.45) is -1.78. The average Bonchev–Trinajstić information content (AvgIpc) is 3.16. The van der Waals surface area contributed by atoms with Crippen LogP contribution in [0.15, 0.2) is 42.7 Å². The summed E-state index contributed by atoms with van der Waals surface area (Å²) in [4.78, 5) is 8.90. The van der Waals surface area contributed by atoms with Crippen molar-refractivity contribution in [2.45, 2.75) is 38.6 Å². The molecule has 4 rings (SSSR count). The maximum Gasteiger partial charge on any atom is 0.418 e. The zero-order valence-electron chi connectivity index (χ0n) is 20.3. The normalized spacial score (nSPS) is 15.9. The van der Waals surface area contributed by atoms with Crippen molar-refractivity contribution >= 4 is 24.8 Å². The van der Waals surface area contributed by atoms with E-state index in [4.69, 9.17) is 4.74 Å². The van der Waals surface area contributed by atoms with E-state index in [1.165, 1.54) is 4.57 Å². The van der Waals surface area contributed by atoms with Crippen LogP contribution in [0.2, 0.25) is 25.7 Å². The molecule has 34 heavy (non-hydrogen) atoms. The minimum atomic E-state index is -4.49. The number of hydrogen-bond donors (Lipinski definition) is 0. The lowest BCUT2D eigenvalue weighted by molar-refractivity contribution is -0.136. The third kappa shape index (κ3) is 5.64. The van der Waals surface area contributed by atoms with Crippen molar-refractivity contribution in [3.05, 3.63) is 48.3 Å². The van der Waals surface area contributed by atoms with E-state index < -0.39 is 19.8 Å². The van der Waals surface area contributed by atoms with Crippen LogP contribution in [0, 0.1) is 0 Å². The highest BCUT2D eigenvalue weighted by Crippen LogP contribution is 2.40. The SMILES string of the molecule is CN1CCN(c2ccc(-c3ccnc4c3c(C(F)(F)F)cn4COCC[Si](C)(C)C)cc2)CC1. The van der Waals surface area contributed by atoms with E-state index in [2.05, 4.69) is 41.5 Å². The van der Waals surface area contributed by atoms with Gasteiger partial charge in [-0.05, 0) is 42.4 Å². The summed E-state index contributed by atoms with van der Waals surface area (Å²) in [5, 5.41) is 0.121. The predicted molar refractivity (Wildman–Crippen MR) is 134 cm³/mol. The molecule has 0 amide bonds. The Morgan fingerprint density at radius 1 is 1.00 bits per heavy atom. The second kappa shape index (κ2) is 9.71. The number of fused-ring (bicyclic) bond motifs is 1. The lowest BCUT2D eigenvalue weighted by Gasteiger charge is -2.34. The molecule has 1 saturated heterocycles. The highest BCUT2D eigenvalue weighted by atomic mass is 28.3. The molecule has 0 N–H and O–H groups in total. The number of ether oxygens (including phenoxy) is 1. The molecule has 1 aliphatic heterocycles. The molecule has 0 aliphatic carbocycles. The molecule has 0 radical (unpaired) electrons. The minimum absolute atomic E-state index is 0.0514. The van der Waals surface area contributed by atoms with Gasteiger partial charge in [-0.1, -0.05) is 31.8 Å². The standard InChI is InChI=1S/C25H33F3N4OSi/c1-30-11-13-31(14-12-30)20-7-5-19(6-8-20)21-9-10-29-24-23(21)22(25(26,27)28)17-32(24)18-33-15-16-34(2,3)4/h5-10,17H,11-16,18H2,1-4H3. The second-order valence-corrected chi connectivity index (χ2v) is 15.9. The molecule has 1 fully saturated rings. The fraction of sp³-hybridized carbons (Fsp3) is 0.480. The van der Waals surface area contributed by atoms with E-state index in [0.29, 0.717) is 17.8 Å². The van der Waals surface area contributed by atoms with Crippen molar-refractivity contribution in [2.24, 2.45) is 0 Å². The Morgan fingerprint density at radius 2 is 1.68 bits per heavy atom. The number of likely N-dealkylation sites (N-methyl/N-ethyl adjacent to an activating group) is 1. The van der Waals surface area contributed by atoms with Crippen LogP contribution in [0.3, 0.4) is 0 Å². The predicted octanol–water partition coefficient (Wildman–Crippen LogP) is 5.79. The van der Waals surface area contributed by atoms with E-state index in [1.54, 1.807) is 12.3 Å². The van der Waals surface area contributed by atoms with Gasteiger partial charge in [0.1, 0.15) is 12.4 Å². The van der Waals surface area contributed by atoms with E-state index in [0.717, 1.165) is 49.7 Å². The monoisotopic (exact) mass is 490 g/mol. The van der Waals surface area contributed by atoms with Crippen molar-refractivity contribution in [1.29, 1.82) is 0 Å². The lowest BCUT2D eigenvalue weighted by atomic mass is 10.0. The number of halogens is 3. The Kier molecular flexibility index (Phi) is 7.07. The number of piperazine rings is 1. The number of hydrogen-bond acceptors (Lipinski definition) is 4. The smallest absolute Gasteiger partial charge is 0.369 e. The first kappa shape index (κ1) is 24.8. The third-order valence-electron chi connectivity index (χ3n) is 6.34. The Bertz CT molecular complexity index is 1110. The number of aromatic nitrogens is 2. The van der Waals surface area contributed by atoms with Crippen LogP contribution in [0.5, 0.6) is 0 Å². The maximum absolute atomic E-state index is 14.0. The van der Waals surface area contributed by atoms with Gasteiger partial charge in [-0.15, -0.1) is 0 Å². The van der Waals surface area contributed by atoms with Gasteiger partial charge in [0.25, 0.3) is 0 Å². The zero-order valence-corrected chi connectivity index (χ0v) is 21.3. The van der Waals surface area contributed by atoms with E-state index in [-0.39, 0.29) is 12.1 Å². The lowest BCUT2D eigenvalue weighted by Crippen LogP contribution is -2.44. The van der Waals surface area contributed by atoms with Crippen LogP contribution in [-0.2, 0) is 17.6 Å². The molecule has 0 saturated carbocycles. The highest BCUT2D eigenvalue weighted by Gasteiger charge is 2.36. The molecule has 3 aromatic rings. The largest absolute Gasteiger partial charge is 0.418 e. The summed E-state index contributed by atoms with van der Waals surface area (Å²) < 4.78 is 49.3. The minimum Gasteiger partial charge on any atom is -0.369 e. The van der Waals surface area contributed by atoms with Gasteiger partial charge in [0.2, 0.25) is 0 Å². The summed E-state index contributed by atoms with van der Waals surface area (Å²) in [5.74, 6) is 0. The quantitative estimate of drug-likeness (QED) is 0.310. The molecule has 2 aromatic heterocycles. The molecule has 0 atom stereocenters. The van der Waals surface area contributed by atoms with E-state index >= 15 is 0 Å². The van der Waals surface area contributed by atoms with E-state index in [9.17, 15) is 13.2 Å². The Hall–Kier alpha value is -2.36. The molecule has 3 heterocycles. The first-order valence-electron chi connectivity index (χ1n) is 11.7. The van der Waals surface area contributed by atoms with Gasteiger partial charge in [0.05, 0.1) is 5.56 Å². The molecule has 9 heteroatoms. The van der Waals surface area contributed by atoms with Crippen LogP contribution in [0.1, 0.15) is 5.56 Å². The van der Waals surface area contributed by atoms with Gasteiger partial charge in [0, 0.05) is 64.3 Å². The molecule has 5 nitrogen and oxygen atoms in total. The van der Waals surface area contributed by atoms with Gasteiger partial charge in [-0.3, -0.25) is 0 Å². The number of anilines is 1. The number of nitrogens with zero attached hydrogens (tertiary/aromatic N) is 4. The number of pyridine rings is 1. The summed E-state index contributed by atoms with van der Waals surface area (Å²) in [7, 11) is 0.825. The Balaban J connectivity index is 1.64. The van der Waals surface area contributed by atoms with Gasteiger partial charge in [-0.2, -0.15) is 13.2 Å². The van der Waals surface area contributed by atoms with Crippen molar-refractivity contribution < 1.29 is 17.9 Å². The molecule has 1 aliphatic rings. The molecule has 184 valence electrons. The fourth-order valence-electron chi connectivity index (χ4n) is 4.23. The summed E-state index contributed by atoms with van der Waals surface area (Å²) in [6.45, 7) is 11.2. The van der Waals surface area contributed by atoms with Gasteiger partial charge in [-0.25, -0.2) is 4.98 Å². The van der Waals surface area contributed by atoms with Crippen LogP contribution in [0.25, 0.3) is 22.2 Å².